The van der Waals surface area contributed by atoms with Crippen LogP contribution >= 0.6 is 0 Å². The van der Waals surface area contributed by atoms with Gasteiger partial charge in [0.05, 0.1) is 25.7 Å². The van der Waals surface area contributed by atoms with Crippen molar-refractivity contribution >= 4 is 5.97 Å². The first-order valence-corrected chi connectivity index (χ1v) is 5.79. The number of aromatic nitrogens is 4. The maximum atomic E-state index is 10.7. The van der Waals surface area contributed by atoms with Gasteiger partial charge in [-0.3, -0.25) is 4.79 Å². The zero-order valence-electron chi connectivity index (χ0n) is 10.2. The summed E-state index contributed by atoms with van der Waals surface area (Å²) >= 11 is 0. The van der Waals surface area contributed by atoms with Crippen LogP contribution in [0, 0.1) is 0 Å². The van der Waals surface area contributed by atoms with Crippen molar-refractivity contribution in [1.29, 1.82) is 0 Å². The summed E-state index contributed by atoms with van der Waals surface area (Å²) in [6, 6.07) is 0. The molecule has 0 spiro atoms. The lowest BCUT2D eigenvalue weighted by Crippen LogP contribution is -2.25. The van der Waals surface area contributed by atoms with Gasteiger partial charge in [0.2, 0.25) is 0 Å². The van der Waals surface area contributed by atoms with Gasteiger partial charge in [-0.15, -0.1) is 5.10 Å². The fraction of sp³-hybridized carbons (Fsp3) is 0.800. The van der Waals surface area contributed by atoms with E-state index in [4.69, 9.17) is 14.6 Å². The molecule has 1 aromatic rings. The molecule has 1 fully saturated rings. The third-order valence-electron chi connectivity index (χ3n) is 2.97. The molecule has 1 aromatic heterocycles. The Kier molecular flexibility index (Phi) is 4.21. The van der Waals surface area contributed by atoms with Crippen molar-refractivity contribution in [2.24, 2.45) is 0 Å². The maximum absolute atomic E-state index is 10.7. The number of hydrogen-bond acceptors (Lipinski definition) is 6. The van der Waals surface area contributed by atoms with Gasteiger partial charge >= 0.3 is 5.97 Å². The molecule has 2 heterocycles. The van der Waals surface area contributed by atoms with Crippen molar-refractivity contribution in [3.63, 3.8) is 0 Å². The van der Waals surface area contributed by atoms with Gasteiger partial charge in [0.1, 0.15) is 0 Å². The minimum atomic E-state index is -0.902. The Morgan fingerprint density at radius 3 is 3.17 bits per heavy atom. The van der Waals surface area contributed by atoms with E-state index in [2.05, 4.69) is 15.5 Å². The van der Waals surface area contributed by atoms with Crippen molar-refractivity contribution < 1.29 is 19.4 Å². The Morgan fingerprint density at radius 2 is 2.56 bits per heavy atom. The van der Waals surface area contributed by atoms with Crippen molar-refractivity contribution in [3.8, 4) is 0 Å². The molecule has 0 aromatic carbocycles. The van der Waals surface area contributed by atoms with E-state index in [1.165, 1.54) is 7.11 Å². The topological polar surface area (TPSA) is 99.4 Å². The van der Waals surface area contributed by atoms with Crippen LogP contribution in [0.1, 0.15) is 24.6 Å². The molecule has 0 saturated carbocycles. The van der Waals surface area contributed by atoms with Crippen LogP contribution in [0.15, 0.2) is 0 Å². The van der Waals surface area contributed by atoms with Crippen molar-refractivity contribution in [2.45, 2.75) is 31.4 Å². The Morgan fingerprint density at radius 1 is 1.72 bits per heavy atom. The normalized spacial score (nSPS) is 21.1. The number of carboxylic acids is 1. The van der Waals surface area contributed by atoms with Gasteiger partial charge in [0.25, 0.3) is 0 Å². The fourth-order valence-electron chi connectivity index (χ4n) is 1.98. The molecule has 1 saturated heterocycles. The summed E-state index contributed by atoms with van der Waals surface area (Å²) in [6.45, 7) is 1.65. The lowest BCUT2D eigenvalue weighted by molar-refractivity contribution is -0.140. The smallest absolute Gasteiger partial charge is 0.306 e. The van der Waals surface area contributed by atoms with Crippen LogP contribution in [-0.2, 0) is 20.8 Å². The van der Waals surface area contributed by atoms with E-state index in [9.17, 15) is 4.79 Å². The molecule has 2 unspecified atom stereocenters. The fourth-order valence-corrected chi connectivity index (χ4v) is 1.98. The number of hydrogen-bond donors (Lipinski definition) is 1. The summed E-state index contributed by atoms with van der Waals surface area (Å²) in [5, 5.41) is 20.3. The Balaban J connectivity index is 2.03. The monoisotopic (exact) mass is 256 g/mol. The van der Waals surface area contributed by atoms with E-state index < -0.39 is 12.1 Å². The predicted octanol–water partition coefficient (Wildman–Crippen LogP) is -0.333. The van der Waals surface area contributed by atoms with Crippen LogP contribution < -0.4 is 0 Å². The summed E-state index contributed by atoms with van der Waals surface area (Å²) < 4.78 is 12.0. The van der Waals surface area contributed by atoms with Crippen LogP contribution in [0.2, 0.25) is 0 Å². The van der Waals surface area contributed by atoms with Gasteiger partial charge in [-0.1, -0.05) is 0 Å². The lowest BCUT2D eigenvalue weighted by atomic mass is 10.1. The first-order valence-electron chi connectivity index (χ1n) is 5.79. The highest BCUT2D eigenvalue weighted by Gasteiger charge is 2.25. The minimum absolute atomic E-state index is 0.0725. The summed E-state index contributed by atoms with van der Waals surface area (Å²) in [7, 11) is 1.48. The second-order valence-electron chi connectivity index (χ2n) is 4.24. The number of ether oxygens (including phenoxy) is 2. The minimum Gasteiger partial charge on any atom is -0.481 e. The third-order valence-corrected chi connectivity index (χ3v) is 2.97. The van der Waals surface area contributed by atoms with Gasteiger partial charge in [0, 0.05) is 19.6 Å². The summed E-state index contributed by atoms with van der Waals surface area (Å²) in [5.41, 5.74) is 0. The summed E-state index contributed by atoms with van der Waals surface area (Å²) in [6.07, 6.45) is 0.376. The largest absolute Gasteiger partial charge is 0.481 e. The first-order chi connectivity index (χ1) is 8.70. The molecule has 0 bridgehead atoms. The van der Waals surface area contributed by atoms with E-state index in [0.29, 0.717) is 19.8 Å². The summed E-state index contributed by atoms with van der Waals surface area (Å²) in [5.74, 6) is 0.0166. The average Bonchev–Trinajstić information content (AvgIpc) is 2.96. The molecule has 2 rings (SSSR count). The maximum Gasteiger partial charge on any atom is 0.306 e. The zero-order valence-corrected chi connectivity index (χ0v) is 10.2. The van der Waals surface area contributed by atoms with E-state index in [1.54, 1.807) is 4.68 Å². The van der Waals surface area contributed by atoms with Crippen molar-refractivity contribution in [3.05, 3.63) is 5.82 Å². The van der Waals surface area contributed by atoms with E-state index in [-0.39, 0.29) is 12.3 Å². The number of rotatable bonds is 6. The third kappa shape index (κ3) is 3.02. The first kappa shape index (κ1) is 12.9. The molecule has 8 heteroatoms. The number of tetrazole rings is 1. The molecular weight excluding hydrogens is 240 g/mol. The molecule has 0 radical (unpaired) electrons. The number of carboxylic acid groups (broad SMARTS) is 1. The van der Waals surface area contributed by atoms with E-state index in [1.807, 2.05) is 0 Å². The van der Waals surface area contributed by atoms with E-state index in [0.717, 1.165) is 12.2 Å². The number of methoxy groups -OCH3 is 1. The standard InChI is InChI=1S/C10H16N4O4/c1-17-8(4-9(15)16)5-14-10(11-12-13-14)7-2-3-18-6-7/h7-8H,2-6H2,1H3,(H,15,16). The second-order valence-corrected chi connectivity index (χ2v) is 4.24. The zero-order chi connectivity index (χ0) is 13.0. The Hall–Kier alpha value is -1.54. The Labute approximate surface area is 104 Å². The molecule has 1 aliphatic heterocycles. The highest BCUT2D eigenvalue weighted by molar-refractivity contribution is 5.67. The van der Waals surface area contributed by atoms with E-state index >= 15 is 0 Å². The molecule has 0 aliphatic carbocycles. The highest BCUT2D eigenvalue weighted by atomic mass is 16.5. The molecule has 2 atom stereocenters. The van der Waals surface area contributed by atoms with Crippen molar-refractivity contribution in [2.75, 3.05) is 20.3 Å². The second kappa shape index (κ2) is 5.87. The predicted molar refractivity (Wildman–Crippen MR) is 59.0 cm³/mol. The van der Waals surface area contributed by atoms with Crippen LogP contribution in [0.5, 0.6) is 0 Å². The molecule has 8 nitrogen and oxygen atoms in total. The molecule has 18 heavy (non-hydrogen) atoms. The highest BCUT2D eigenvalue weighted by Crippen LogP contribution is 2.22. The van der Waals surface area contributed by atoms with Crippen LogP contribution in [-0.4, -0.2) is 57.7 Å². The van der Waals surface area contributed by atoms with Crippen LogP contribution in [0.25, 0.3) is 0 Å². The molecular formula is C10H16N4O4. The molecule has 1 aliphatic rings. The van der Waals surface area contributed by atoms with Gasteiger partial charge in [-0.05, 0) is 16.8 Å². The van der Waals surface area contributed by atoms with Gasteiger partial charge in [-0.25, -0.2) is 4.68 Å². The molecule has 0 amide bonds. The van der Waals surface area contributed by atoms with Crippen LogP contribution in [0.3, 0.4) is 0 Å². The van der Waals surface area contributed by atoms with Crippen LogP contribution in [0.4, 0.5) is 0 Å². The molecule has 1 N–H and O–H groups in total. The van der Waals surface area contributed by atoms with Crippen molar-refractivity contribution in [1.82, 2.24) is 20.2 Å². The van der Waals surface area contributed by atoms with Gasteiger partial charge < -0.3 is 14.6 Å². The molecule has 100 valence electrons. The number of carbonyl (C=O) groups is 1. The lowest BCUT2D eigenvalue weighted by Gasteiger charge is -2.15. The quantitative estimate of drug-likeness (QED) is 0.743. The number of aliphatic carboxylic acids is 1. The van der Waals surface area contributed by atoms with Gasteiger partial charge in [-0.2, -0.15) is 0 Å². The average molecular weight is 256 g/mol. The Bertz CT molecular complexity index is 402. The van der Waals surface area contributed by atoms with Gasteiger partial charge in [0.15, 0.2) is 5.82 Å². The SMILES string of the molecule is COC(CC(=O)O)Cn1nnnc1C1CCOC1. The summed E-state index contributed by atoms with van der Waals surface area (Å²) in [4.78, 5) is 10.7. The number of nitrogens with zero attached hydrogens (tertiary/aromatic N) is 4.